The molecule has 0 bridgehead atoms. The molecule has 2 aliphatic rings. The van der Waals surface area contributed by atoms with Gasteiger partial charge in [0.2, 0.25) is 0 Å². The first-order valence-electron chi connectivity index (χ1n) is 6.89. The Bertz CT molecular complexity index is 274. The Balaban J connectivity index is 1.75. The van der Waals surface area contributed by atoms with Crippen LogP contribution in [0, 0.1) is 17.3 Å². The van der Waals surface area contributed by atoms with Crippen LogP contribution in [-0.2, 0) is 9.53 Å². The predicted octanol–water partition coefficient (Wildman–Crippen LogP) is 2.35. The van der Waals surface area contributed by atoms with Gasteiger partial charge in [-0.05, 0) is 50.1 Å². The van der Waals surface area contributed by atoms with Gasteiger partial charge in [-0.1, -0.05) is 20.8 Å². The smallest absolute Gasteiger partial charge is 0.309 e. The van der Waals surface area contributed by atoms with Gasteiger partial charge in [-0.3, -0.25) is 4.79 Å². The van der Waals surface area contributed by atoms with Gasteiger partial charge in [-0.15, -0.1) is 0 Å². The van der Waals surface area contributed by atoms with Gasteiger partial charge in [0, 0.05) is 0 Å². The number of esters is 1. The maximum atomic E-state index is 12.0. The average Bonchev–Trinajstić information content (AvgIpc) is 2.18. The third-order valence-corrected chi connectivity index (χ3v) is 4.46. The lowest BCUT2D eigenvalue weighted by molar-refractivity contribution is -0.158. The fourth-order valence-corrected chi connectivity index (χ4v) is 2.62. The molecule has 1 unspecified atom stereocenters. The van der Waals surface area contributed by atoms with E-state index >= 15 is 0 Å². The molecule has 2 rings (SSSR count). The number of ether oxygens (including phenoxy) is 1. The van der Waals surface area contributed by atoms with E-state index in [9.17, 15) is 4.79 Å². The van der Waals surface area contributed by atoms with Crippen molar-refractivity contribution in [1.29, 1.82) is 0 Å². The number of carbonyl (C=O) groups is 1. The van der Waals surface area contributed by atoms with Crippen molar-refractivity contribution in [3.8, 4) is 0 Å². The average molecular weight is 239 g/mol. The maximum Gasteiger partial charge on any atom is 0.309 e. The molecule has 3 heteroatoms. The second-order valence-electron chi connectivity index (χ2n) is 6.51. The van der Waals surface area contributed by atoms with Crippen LogP contribution >= 0.6 is 0 Å². The SMILES string of the molecule is CC(C(=O)OC1CCC(C)(C)CC1)C1CNC1. The van der Waals surface area contributed by atoms with Crippen LogP contribution in [0.2, 0.25) is 0 Å². The van der Waals surface area contributed by atoms with Crippen LogP contribution in [-0.4, -0.2) is 25.2 Å². The first-order valence-corrected chi connectivity index (χ1v) is 6.89. The van der Waals surface area contributed by atoms with Crippen LogP contribution < -0.4 is 5.32 Å². The fraction of sp³-hybridized carbons (Fsp3) is 0.929. The summed E-state index contributed by atoms with van der Waals surface area (Å²) in [6, 6.07) is 0. The van der Waals surface area contributed by atoms with Gasteiger partial charge in [0.1, 0.15) is 6.10 Å². The van der Waals surface area contributed by atoms with Crippen LogP contribution in [0.5, 0.6) is 0 Å². The second-order valence-corrected chi connectivity index (χ2v) is 6.51. The van der Waals surface area contributed by atoms with Gasteiger partial charge < -0.3 is 10.1 Å². The number of carbonyl (C=O) groups excluding carboxylic acids is 1. The second kappa shape index (κ2) is 4.97. The van der Waals surface area contributed by atoms with E-state index in [4.69, 9.17) is 4.74 Å². The van der Waals surface area contributed by atoms with E-state index in [0.29, 0.717) is 11.3 Å². The normalized spacial score (nSPS) is 27.2. The van der Waals surface area contributed by atoms with Crippen molar-refractivity contribution in [3.63, 3.8) is 0 Å². The van der Waals surface area contributed by atoms with Crippen molar-refractivity contribution in [2.45, 2.75) is 52.6 Å². The lowest BCUT2D eigenvalue weighted by atomic mass is 9.76. The molecule has 98 valence electrons. The van der Waals surface area contributed by atoms with Gasteiger partial charge in [-0.2, -0.15) is 0 Å². The zero-order valence-corrected chi connectivity index (χ0v) is 11.3. The van der Waals surface area contributed by atoms with E-state index in [1.54, 1.807) is 0 Å². The molecule has 1 saturated carbocycles. The van der Waals surface area contributed by atoms with Crippen molar-refractivity contribution in [2.75, 3.05) is 13.1 Å². The molecule has 17 heavy (non-hydrogen) atoms. The molecule has 2 fully saturated rings. The number of rotatable bonds is 3. The summed E-state index contributed by atoms with van der Waals surface area (Å²) in [5, 5.41) is 3.20. The third-order valence-electron chi connectivity index (χ3n) is 4.46. The Morgan fingerprint density at radius 3 is 2.35 bits per heavy atom. The quantitative estimate of drug-likeness (QED) is 0.768. The van der Waals surface area contributed by atoms with E-state index < -0.39 is 0 Å². The van der Waals surface area contributed by atoms with Crippen LogP contribution in [0.25, 0.3) is 0 Å². The van der Waals surface area contributed by atoms with Crippen molar-refractivity contribution in [1.82, 2.24) is 5.32 Å². The molecule has 0 aromatic heterocycles. The first kappa shape index (κ1) is 12.9. The fourth-order valence-electron chi connectivity index (χ4n) is 2.62. The van der Waals surface area contributed by atoms with Crippen LogP contribution in [0.4, 0.5) is 0 Å². The Morgan fingerprint density at radius 2 is 1.88 bits per heavy atom. The topological polar surface area (TPSA) is 38.3 Å². The molecule has 0 radical (unpaired) electrons. The number of hydrogen-bond donors (Lipinski definition) is 1. The summed E-state index contributed by atoms with van der Waals surface area (Å²) in [6.45, 7) is 8.53. The summed E-state index contributed by atoms with van der Waals surface area (Å²) in [5.74, 6) is 0.565. The van der Waals surface area contributed by atoms with Crippen molar-refractivity contribution >= 4 is 5.97 Å². The summed E-state index contributed by atoms with van der Waals surface area (Å²) < 4.78 is 5.64. The molecule has 1 N–H and O–H groups in total. The molecule has 3 nitrogen and oxygen atoms in total. The first-order chi connectivity index (χ1) is 7.98. The summed E-state index contributed by atoms with van der Waals surface area (Å²) in [7, 11) is 0. The summed E-state index contributed by atoms with van der Waals surface area (Å²) in [4.78, 5) is 12.0. The van der Waals surface area contributed by atoms with E-state index in [1.165, 1.54) is 12.8 Å². The molecule has 1 aliphatic heterocycles. The summed E-state index contributed by atoms with van der Waals surface area (Å²) in [5.41, 5.74) is 0.437. The summed E-state index contributed by atoms with van der Waals surface area (Å²) >= 11 is 0. The minimum absolute atomic E-state index is 0.0150. The van der Waals surface area contributed by atoms with Crippen LogP contribution in [0.1, 0.15) is 46.5 Å². The highest BCUT2D eigenvalue weighted by atomic mass is 16.5. The lowest BCUT2D eigenvalue weighted by Gasteiger charge is -2.36. The molecule has 0 aromatic carbocycles. The maximum absolute atomic E-state index is 12.0. The van der Waals surface area contributed by atoms with Crippen LogP contribution in [0.3, 0.4) is 0 Å². The number of hydrogen-bond acceptors (Lipinski definition) is 3. The zero-order chi connectivity index (χ0) is 12.5. The molecule has 1 aliphatic carbocycles. The van der Waals surface area contributed by atoms with Gasteiger partial charge in [0.05, 0.1) is 5.92 Å². The molecule has 0 amide bonds. The molecular formula is C14H25NO2. The molecule has 1 heterocycles. The third kappa shape index (κ3) is 3.21. The largest absolute Gasteiger partial charge is 0.462 e. The Labute approximate surface area is 104 Å². The van der Waals surface area contributed by atoms with Gasteiger partial charge >= 0.3 is 5.97 Å². The van der Waals surface area contributed by atoms with E-state index in [0.717, 1.165) is 25.9 Å². The van der Waals surface area contributed by atoms with Gasteiger partial charge in [0.25, 0.3) is 0 Å². The Morgan fingerprint density at radius 1 is 1.29 bits per heavy atom. The lowest BCUT2D eigenvalue weighted by Crippen LogP contribution is -2.48. The molecule has 1 saturated heterocycles. The minimum atomic E-state index is 0.0150. The minimum Gasteiger partial charge on any atom is -0.462 e. The number of nitrogens with one attached hydrogen (secondary N) is 1. The molecule has 0 aromatic rings. The Hall–Kier alpha value is -0.570. The van der Waals surface area contributed by atoms with Crippen molar-refractivity contribution in [3.05, 3.63) is 0 Å². The predicted molar refractivity (Wildman–Crippen MR) is 67.7 cm³/mol. The van der Waals surface area contributed by atoms with E-state index in [1.807, 2.05) is 6.92 Å². The molecule has 1 atom stereocenters. The summed E-state index contributed by atoms with van der Waals surface area (Å²) in [6.07, 6.45) is 4.59. The van der Waals surface area contributed by atoms with Crippen LogP contribution in [0.15, 0.2) is 0 Å². The standard InChI is InChI=1S/C14H25NO2/c1-10(11-8-15-9-11)13(16)17-12-4-6-14(2,3)7-5-12/h10-12,15H,4-9H2,1-3H3. The highest BCUT2D eigenvalue weighted by molar-refractivity contribution is 5.72. The monoisotopic (exact) mass is 239 g/mol. The highest BCUT2D eigenvalue weighted by Crippen LogP contribution is 2.36. The zero-order valence-electron chi connectivity index (χ0n) is 11.3. The molecular weight excluding hydrogens is 214 g/mol. The van der Waals surface area contributed by atoms with E-state index in [-0.39, 0.29) is 18.0 Å². The van der Waals surface area contributed by atoms with Gasteiger partial charge in [0.15, 0.2) is 0 Å². The van der Waals surface area contributed by atoms with Crippen molar-refractivity contribution in [2.24, 2.45) is 17.3 Å². The van der Waals surface area contributed by atoms with Gasteiger partial charge in [-0.25, -0.2) is 0 Å². The highest BCUT2D eigenvalue weighted by Gasteiger charge is 2.33. The molecule has 0 spiro atoms. The Kier molecular flexibility index (Phi) is 3.76. The van der Waals surface area contributed by atoms with E-state index in [2.05, 4.69) is 19.2 Å². The van der Waals surface area contributed by atoms with Crippen molar-refractivity contribution < 1.29 is 9.53 Å².